The molecule has 3 N–H and O–H groups in total. The molecule has 0 fully saturated rings. The molecule has 3 aromatic rings. The van der Waals surface area contributed by atoms with Crippen LogP contribution in [0.25, 0.3) is 0 Å². The SMILES string of the molecule is CC(C)(C)OC(=O)N1CCc2c(ccc(O)c2Br)C1.CC(C)(C)OC(=O)N1CCc2cc(O)ccc2C1.Cc1c(O)ccc2c1CCN(C(=O)OC(C)(C)C)C2.[B]=NS. The van der Waals surface area contributed by atoms with E-state index in [1.54, 1.807) is 39.0 Å². The molecule has 3 aliphatic rings. The second-order valence-electron chi connectivity index (χ2n) is 17.4. The minimum atomic E-state index is -0.479. The fourth-order valence-corrected chi connectivity index (χ4v) is 7.00. The van der Waals surface area contributed by atoms with Gasteiger partial charge in [0.1, 0.15) is 34.1 Å². The number of thiol groups is 1. The first kappa shape index (κ1) is 48.9. The molecule has 13 nitrogen and oxygen atoms in total. The number of carbonyl (C=O) groups is 3. The molecule has 0 aliphatic carbocycles. The molecule has 0 unspecified atom stereocenters. The maximum absolute atomic E-state index is 12.0. The van der Waals surface area contributed by atoms with E-state index in [-0.39, 0.29) is 29.8 Å². The van der Waals surface area contributed by atoms with Crippen LogP contribution < -0.4 is 0 Å². The van der Waals surface area contributed by atoms with Crippen molar-refractivity contribution in [3.63, 3.8) is 0 Å². The number of ether oxygens (including phenoxy) is 3. The van der Waals surface area contributed by atoms with E-state index in [9.17, 15) is 29.7 Å². The third kappa shape index (κ3) is 15.3. The van der Waals surface area contributed by atoms with Gasteiger partial charge in [0, 0.05) is 39.3 Å². The molecule has 0 bridgehead atoms. The zero-order valence-electron chi connectivity index (χ0n) is 35.9. The summed E-state index contributed by atoms with van der Waals surface area (Å²) in [5.41, 5.74) is 6.04. The van der Waals surface area contributed by atoms with Gasteiger partial charge in [0.2, 0.25) is 0 Å². The number of phenolic OH excluding ortho intramolecular Hbond substituents is 3. The standard InChI is InChI=1S/C15H21NO3.C14H18BrNO3.C14H19NO3.BHNS/c1-10-12-7-8-16(14(18)19-15(2,3)4)9-11(12)5-6-13(10)17;1-14(2,3)19-13(18)16-7-6-10-9(8-16)4-5-11(17)12(10)15;1-14(2,3)18-13(17)15-7-6-10-8-12(16)5-4-11(10)9-15;1-2-3/h5-6,17H,7-9H2,1-4H3;4-5,17H,6-8H2,1-3H3;4-5,8,16H,6-7,9H2,1-3H3;3H. The molecule has 3 amide bonds. The third-order valence-corrected chi connectivity index (χ3v) is 10.0. The van der Waals surface area contributed by atoms with E-state index in [4.69, 9.17) is 14.2 Å². The first-order valence-electron chi connectivity index (χ1n) is 19.4. The summed E-state index contributed by atoms with van der Waals surface area (Å²) in [5, 5.41) is 28.8. The number of amides is 3. The molecular formula is C43H59BBrN4O9S. The molecule has 0 saturated heterocycles. The van der Waals surface area contributed by atoms with Crippen LogP contribution in [0.1, 0.15) is 101 Å². The van der Waals surface area contributed by atoms with Gasteiger partial charge in [-0.2, -0.15) is 0 Å². The molecule has 0 saturated carbocycles. The van der Waals surface area contributed by atoms with Crippen molar-refractivity contribution in [1.82, 2.24) is 14.7 Å². The molecule has 0 atom stereocenters. The van der Waals surface area contributed by atoms with Gasteiger partial charge < -0.3 is 44.2 Å². The Morgan fingerprint density at radius 3 is 1.46 bits per heavy atom. The predicted octanol–water partition coefficient (Wildman–Crippen LogP) is 9.31. The van der Waals surface area contributed by atoms with Gasteiger partial charge in [0.05, 0.1) is 4.47 Å². The van der Waals surface area contributed by atoms with Gasteiger partial charge in [-0.15, -0.1) is 0 Å². The average Bonchev–Trinajstić information content (AvgIpc) is 3.13. The zero-order chi connectivity index (χ0) is 44.5. The second-order valence-corrected chi connectivity index (χ2v) is 18.4. The van der Waals surface area contributed by atoms with Crippen LogP contribution in [0.3, 0.4) is 0 Å². The van der Waals surface area contributed by atoms with Crippen LogP contribution in [0.2, 0.25) is 0 Å². The van der Waals surface area contributed by atoms with Crippen molar-refractivity contribution in [2.45, 2.75) is 125 Å². The molecule has 3 heterocycles. The van der Waals surface area contributed by atoms with E-state index in [1.165, 1.54) is 0 Å². The zero-order valence-corrected chi connectivity index (χ0v) is 38.4. The first-order chi connectivity index (χ1) is 27.3. The number of rotatable bonds is 0. The van der Waals surface area contributed by atoms with E-state index in [2.05, 4.69) is 40.7 Å². The minimum absolute atomic E-state index is 0.240. The number of benzene rings is 3. The van der Waals surface area contributed by atoms with Gasteiger partial charge in [-0.3, -0.25) is 0 Å². The number of halogens is 1. The number of hydrogen-bond acceptors (Lipinski definition) is 11. The Labute approximate surface area is 363 Å². The van der Waals surface area contributed by atoms with E-state index in [1.807, 2.05) is 87.4 Å². The fourth-order valence-electron chi connectivity index (χ4n) is 6.41. The summed E-state index contributed by atoms with van der Waals surface area (Å²) in [6.45, 7) is 22.1. The second kappa shape index (κ2) is 20.7. The topological polar surface area (TPSA) is 162 Å². The Bertz CT molecular complexity index is 1880. The number of hydrogen-bond donors (Lipinski definition) is 4. The quantitative estimate of drug-likeness (QED) is 0.0979. The normalized spacial score (nSPS) is 14.5. The summed E-state index contributed by atoms with van der Waals surface area (Å²) < 4.78 is 19.5. The summed E-state index contributed by atoms with van der Waals surface area (Å²) in [6.07, 6.45) is 1.38. The van der Waals surface area contributed by atoms with E-state index < -0.39 is 16.8 Å². The molecule has 321 valence electrons. The molecule has 6 rings (SSSR count). The van der Waals surface area contributed by atoms with E-state index in [0.29, 0.717) is 51.4 Å². The Hall–Kier alpha value is -4.44. The monoisotopic (exact) mass is 897 g/mol. The average molecular weight is 899 g/mol. The molecule has 0 aromatic heterocycles. The van der Waals surface area contributed by atoms with Gasteiger partial charge in [0.25, 0.3) is 0 Å². The predicted molar refractivity (Wildman–Crippen MR) is 235 cm³/mol. The maximum atomic E-state index is 12.0. The third-order valence-electron chi connectivity index (χ3n) is 9.13. The van der Waals surface area contributed by atoms with Crippen LogP contribution in [0.15, 0.2) is 51.2 Å². The van der Waals surface area contributed by atoms with Crippen molar-refractivity contribution in [2.75, 3.05) is 19.6 Å². The van der Waals surface area contributed by atoms with Gasteiger partial charge in [-0.05, 0) is 168 Å². The van der Waals surface area contributed by atoms with Crippen molar-refractivity contribution < 1.29 is 43.9 Å². The van der Waals surface area contributed by atoms with Crippen LogP contribution in [-0.4, -0.2) is 92.4 Å². The number of nitrogens with zero attached hydrogens (tertiary/aromatic N) is 4. The molecule has 3 aliphatic heterocycles. The molecule has 0 spiro atoms. The Balaban J connectivity index is 0.000000229. The van der Waals surface area contributed by atoms with Crippen LogP contribution in [-0.2, 0) is 53.1 Å². The Morgan fingerprint density at radius 1 is 0.627 bits per heavy atom. The van der Waals surface area contributed by atoms with Crippen LogP contribution in [0.5, 0.6) is 17.2 Å². The van der Waals surface area contributed by atoms with Crippen molar-refractivity contribution in [1.29, 1.82) is 0 Å². The van der Waals surface area contributed by atoms with Gasteiger partial charge >= 0.3 is 43.0 Å². The van der Waals surface area contributed by atoms with Gasteiger partial charge in [0.15, 0.2) is 0 Å². The number of phenols is 3. The Morgan fingerprint density at radius 2 is 1.00 bits per heavy atom. The summed E-state index contributed by atoms with van der Waals surface area (Å²) in [5.74, 6) is 0.841. The Kier molecular flexibility index (Phi) is 17.2. The van der Waals surface area contributed by atoms with Crippen LogP contribution in [0, 0.1) is 6.92 Å². The number of fused-ring (bicyclic) bond motifs is 3. The molecule has 59 heavy (non-hydrogen) atoms. The van der Waals surface area contributed by atoms with E-state index in [0.717, 1.165) is 56.3 Å². The first-order valence-corrected chi connectivity index (χ1v) is 20.6. The van der Waals surface area contributed by atoms with Crippen molar-refractivity contribution in [3.8, 4) is 17.2 Å². The summed E-state index contributed by atoms with van der Waals surface area (Å²) in [7, 11) is 4.34. The van der Waals surface area contributed by atoms with Crippen molar-refractivity contribution in [2.24, 2.45) is 4.30 Å². The molecule has 16 heteroatoms. The van der Waals surface area contributed by atoms with Crippen molar-refractivity contribution >= 4 is 54.7 Å². The van der Waals surface area contributed by atoms with E-state index >= 15 is 0 Å². The molecule has 3 aromatic carbocycles. The summed E-state index contributed by atoms with van der Waals surface area (Å²) in [6, 6.07) is 12.3. The van der Waals surface area contributed by atoms with Gasteiger partial charge in [-0.25, -0.2) is 14.4 Å². The fraction of sp³-hybridized carbons (Fsp3) is 0.512. The summed E-state index contributed by atoms with van der Waals surface area (Å²) >= 11 is 6.58. The van der Waals surface area contributed by atoms with Crippen LogP contribution >= 0.6 is 28.7 Å². The van der Waals surface area contributed by atoms with Gasteiger partial charge in [-0.1, -0.05) is 18.2 Å². The number of carbonyl (C=O) groups excluding carboxylic acids is 3. The molecule has 1 radical (unpaired) electrons. The molecular weight excluding hydrogens is 839 g/mol. The van der Waals surface area contributed by atoms with Crippen LogP contribution in [0.4, 0.5) is 14.4 Å². The van der Waals surface area contributed by atoms with Crippen molar-refractivity contribution in [3.05, 3.63) is 85.9 Å². The summed E-state index contributed by atoms with van der Waals surface area (Å²) in [4.78, 5) is 41.1. The number of aromatic hydroxyl groups is 3.